The van der Waals surface area contributed by atoms with Gasteiger partial charge in [0.05, 0.1) is 52.1 Å². The molecule has 0 radical (unpaired) electrons. The fraction of sp³-hybridized carbons (Fsp3) is 0.121. The van der Waals surface area contributed by atoms with Gasteiger partial charge in [0.2, 0.25) is 0 Å². The highest BCUT2D eigenvalue weighted by atomic mass is 32.1. The van der Waals surface area contributed by atoms with E-state index in [1.54, 1.807) is 37.3 Å². The number of ether oxygens (including phenoxy) is 2. The Morgan fingerprint density at radius 1 is 1.07 bits per heavy atom. The largest absolute Gasteiger partial charge is 0.497 e. The summed E-state index contributed by atoms with van der Waals surface area (Å²) in [7, 11) is 1.43. The van der Waals surface area contributed by atoms with Crippen LogP contribution in [0.25, 0.3) is 23.1 Å². The van der Waals surface area contributed by atoms with Crippen LogP contribution >= 0.6 is 11.3 Å². The highest BCUT2D eigenvalue weighted by Gasteiger charge is 2.35. The Balaban J connectivity index is 1.53. The zero-order valence-corrected chi connectivity index (χ0v) is 24.4. The molecule has 0 amide bonds. The van der Waals surface area contributed by atoms with E-state index in [4.69, 9.17) is 18.9 Å². The lowest BCUT2D eigenvalue weighted by Crippen LogP contribution is -2.39. The molecule has 0 N–H and O–H groups in total. The Bertz CT molecular complexity index is 2090. The summed E-state index contributed by atoms with van der Waals surface area (Å²) in [5.74, 6) is 0.365. The average Bonchev–Trinajstić information content (AvgIpc) is 3.64. The fourth-order valence-corrected chi connectivity index (χ4v) is 6.07. The standard InChI is InChI=1S/C33H25N3O7S/c1-3-42-32(38)28-29(20-10-6-4-7-11-20)34-33-35(30(28)21-12-8-5-9-13-21)31(37)27(44-33)19-23-15-17-26(43-23)24-16-14-22(41-2)18-25(24)36(39)40/h4-19,30H,3H2,1-2H3/b27-19-/t30-/m1/s1. The van der Waals surface area contributed by atoms with E-state index in [-0.39, 0.29) is 34.8 Å². The van der Waals surface area contributed by atoms with Crippen molar-refractivity contribution in [2.45, 2.75) is 13.0 Å². The van der Waals surface area contributed by atoms with Gasteiger partial charge in [-0.15, -0.1) is 0 Å². The number of carbonyl (C=O) groups excluding carboxylic acids is 1. The van der Waals surface area contributed by atoms with Crippen molar-refractivity contribution in [2.75, 3.05) is 13.7 Å². The van der Waals surface area contributed by atoms with Gasteiger partial charge in [-0.25, -0.2) is 9.79 Å². The summed E-state index contributed by atoms with van der Waals surface area (Å²) in [5, 5.41) is 11.7. The number of esters is 1. The molecule has 0 unspecified atom stereocenters. The smallest absolute Gasteiger partial charge is 0.338 e. The van der Waals surface area contributed by atoms with Crippen LogP contribution in [0, 0.1) is 10.1 Å². The molecule has 1 atom stereocenters. The van der Waals surface area contributed by atoms with Crippen molar-refractivity contribution in [1.82, 2.24) is 4.57 Å². The van der Waals surface area contributed by atoms with E-state index >= 15 is 0 Å². The van der Waals surface area contributed by atoms with Crippen LogP contribution in [0.3, 0.4) is 0 Å². The molecular weight excluding hydrogens is 582 g/mol. The molecule has 10 nitrogen and oxygen atoms in total. The lowest BCUT2D eigenvalue weighted by molar-refractivity contribution is -0.384. The molecule has 5 aromatic rings. The van der Waals surface area contributed by atoms with E-state index in [2.05, 4.69) is 0 Å². The lowest BCUT2D eigenvalue weighted by Gasteiger charge is -2.25. The fourth-order valence-electron chi connectivity index (χ4n) is 5.09. The van der Waals surface area contributed by atoms with Gasteiger partial charge in [0.1, 0.15) is 17.3 Å². The first-order chi connectivity index (χ1) is 21.4. The first-order valence-electron chi connectivity index (χ1n) is 13.7. The second-order valence-corrected chi connectivity index (χ2v) is 10.7. The third-order valence-electron chi connectivity index (χ3n) is 7.06. The number of hydrogen-bond acceptors (Lipinski definition) is 9. The maximum Gasteiger partial charge on any atom is 0.338 e. The van der Waals surface area contributed by atoms with Crippen LogP contribution in [0.15, 0.2) is 111 Å². The number of fused-ring (bicyclic) bond motifs is 1. The molecule has 220 valence electrons. The topological polar surface area (TPSA) is 126 Å². The summed E-state index contributed by atoms with van der Waals surface area (Å²) < 4.78 is 18.4. The van der Waals surface area contributed by atoms with Gasteiger partial charge >= 0.3 is 5.97 Å². The number of methoxy groups -OCH3 is 1. The normalized spacial score (nSPS) is 14.6. The molecule has 0 spiro atoms. The number of nitro groups is 1. The summed E-state index contributed by atoms with van der Waals surface area (Å²) in [4.78, 5) is 44.0. The van der Waals surface area contributed by atoms with Crippen molar-refractivity contribution in [3.05, 3.63) is 143 Å². The molecule has 0 saturated heterocycles. The Kier molecular flexibility index (Phi) is 7.78. The minimum absolute atomic E-state index is 0.156. The van der Waals surface area contributed by atoms with E-state index < -0.39 is 16.9 Å². The molecule has 11 heteroatoms. The zero-order chi connectivity index (χ0) is 30.8. The van der Waals surface area contributed by atoms with Gasteiger partial charge in [0, 0.05) is 11.6 Å². The minimum Gasteiger partial charge on any atom is -0.497 e. The Labute approximate surface area is 254 Å². The van der Waals surface area contributed by atoms with Gasteiger partial charge in [-0.3, -0.25) is 19.5 Å². The monoisotopic (exact) mass is 607 g/mol. The second-order valence-electron chi connectivity index (χ2n) is 9.68. The third kappa shape index (κ3) is 5.25. The zero-order valence-electron chi connectivity index (χ0n) is 23.6. The third-order valence-corrected chi connectivity index (χ3v) is 8.04. The molecule has 0 saturated carbocycles. The first kappa shape index (κ1) is 28.6. The molecule has 3 heterocycles. The number of nitro benzene ring substituents is 1. The molecule has 1 aliphatic rings. The minimum atomic E-state index is -0.794. The van der Waals surface area contributed by atoms with E-state index in [0.717, 1.165) is 16.9 Å². The lowest BCUT2D eigenvalue weighted by atomic mass is 9.93. The number of thiazole rings is 1. The summed E-state index contributed by atoms with van der Waals surface area (Å²) in [5.41, 5.74) is 1.85. The van der Waals surface area contributed by atoms with Gasteiger partial charge in [-0.1, -0.05) is 72.0 Å². The van der Waals surface area contributed by atoms with E-state index in [9.17, 15) is 19.7 Å². The molecule has 1 aliphatic heterocycles. The Morgan fingerprint density at radius 3 is 2.48 bits per heavy atom. The summed E-state index contributed by atoms with van der Waals surface area (Å²) in [6.07, 6.45) is 1.57. The number of nitrogens with zero attached hydrogens (tertiary/aromatic N) is 3. The maximum absolute atomic E-state index is 14.0. The molecule has 3 aromatic carbocycles. The van der Waals surface area contributed by atoms with Crippen LogP contribution in [0.4, 0.5) is 5.69 Å². The average molecular weight is 608 g/mol. The van der Waals surface area contributed by atoms with Gasteiger partial charge in [0.15, 0.2) is 4.80 Å². The van der Waals surface area contributed by atoms with E-state index in [1.165, 1.54) is 17.7 Å². The van der Waals surface area contributed by atoms with Gasteiger partial charge in [0.25, 0.3) is 11.2 Å². The quantitative estimate of drug-likeness (QED) is 0.136. The molecule has 2 aromatic heterocycles. The first-order valence-corrected chi connectivity index (χ1v) is 14.5. The highest BCUT2D eigenvalue weighted by Crippen LogP contribution is 2.36. The van der Waals surface area contributed by atoms with Crippen LogP contribution in [-0.4, -0.2) is 29.2 Å². The number of rotatable bonds is 8. The van der Waals surface area contributed by atoms with Gasteiger partial charge < -0.3 is 13.9 Å². The molecule has 0 fully saturated rings. The molecular formula is C33H25N3O7S. The molecule has 0 aliphatic carbocycles. The number of aromatic nitrogens is 1. The Morgan fingerprint density at radius 2 is 1.80 bits per heavy atom. The van der Waals surface area contributed by atoms with Crippen molar-refractivity contribution in [3.63, 3.8) is 0 Å². The van der Waals surface area contributed by atoms with Crippen molar-refractivity contribution < 1.29 is 23.6 Å². The number of hydrogen-bond donors (Lipinski definition) is 0. The summed E-state index contributed by atoms with van der Waals surface area (Å²) in [6, 6.07) is 25.5. The molecule has 0 bridgehead atoms. The number of furan rings is 1. The molecule has 44 heavy (non-hydrogen) atoms. The van der Waals surface area contributed by atoms with Crippen molar-refractivity contribution in [1.29, 1.82) is 0 Å². The van der Waals surface area contributed by atoms with E-state index in [0.29, 0.717) is 32.1 Å². The van der Waals surface area contributed by atoms with Crippen molar-refractivity contribution in [3.8, 4) is 17.1 Å². The maximum atomic E-state index is 14.0. The second kappa shape index (κ2) is 12.0. The van der Waals surface area contributed by atoms with Crippen molar-refractivity contribution >= 4 is 34.8 Å². The SMILES string of the molecule is CCOC(=O)C1=C(c2ccccc2)N=c2s/c(=C\c3ccc(-c4ccc(OC)cc4[N+](=O)[O-])o3)c(=O)n2[C@@H]1c1ccccc1. The summed E-state index contributed by atoms with van der Waals surface area (Å²) >= 11 is 1.16. The van der Waals surface area contributed by atoms with Crippen LogP contribution < -0.4 is 19.6 Å². The van der Waals surface area contributed by atoms with Crippen LogP contribution in [0.2, 0.25) is 0 Å². The van der Waals surface area contributed by atoms with Crippen molar-refractivity contribution in [2.24, 2.45) is 4.99 Å². The van der Waals surface area contributed by atoms with Gasteiger partial charge in [-0.2, -0.15) is 0 Å². The van der Waals surface area contributed by atoms with Crippen LogP contribution in [0.1, 0.15) is 29.9 Å². The number of carbonyl (C=O) groups is 1. The predicted molar refractivity (Wildman–Crippen MR) is 165 cm³/mol. The van der Waals surface area contributed by atoms with E-state index in [1.807, 2.05) is 60.7 Å². The van der Waals surface area contributed by atoms with Crippen LogP contribution in [-0.2, 0) is 9.53 Å². The molecule has 6 rings (SSSR count). The van der Waals surface area contributed by atoms with Crippen LogP contribution in [0.5, 0.6) is 5.75 Å². The highest BCUT2D eigenvalue weighted by molar-refractivity contribution is 7.07. The van der Waals surface area contributed by atoms with Gasteiger partial charge in [-0.05, 0) is 36.8 Å². The summed E-state index contributed by atoms with van der Waals surface area (Å²) in [6.45, 7) is 1.88. The Hall–Kier alpha value is -5.55. The number of benzene rings is 3. The predicted octanol–water partition coefficient (Wildman–Crippen LogP) is 5.11.